The molecule has 1 aromatic rings. The molecule has 12 heavy (non-hydrogen) atoms. The van der Waals surface area contributed by atoms with Crippen molar-refractivity contribution in [3.63, 3.8) is 0 Å². The number of unbranched alkanes of at least 4 members (excludes halogenated alkanes) is 1. The van der Waals surface area contributed by atoms with Crippen molar-refractivity contribution in [3.8, 4) is 0 Å². The highest BCUT2D eigenvalue weighted by atomic mass is 32.2. The van der Waals surface area contributed by atoms with E-state index in [0.717, 1.165) is 19.3 Å². The molecule has 0 saturated heterocycles. The van der Waals surface area contributed by atoms with Crippen LogP contribution in [0.1, 0.15) is 18.4 Å². The summed E-state index contributed by atoms with van der Waals surface area (Å²) >= 11 is 0.437. The molecule has 0 heterocycles. The van der Waals surface area contributed by atoms with Crippen LogP contribution in [-0.4, -0.2) is 5.75 Å². The van der Waals surface area contributed by atoms with Crippen molar-refractivity contribution in [3.05, 3.63) is 35.9 Å². The molecule has 66 valence electrons. The maximum atomic E-state index is 11.6. The quantitative estimate of drug-likeness (QED) is 0.630. The fraction of sp³-hybridized carbons (Fsp3) is 0.400. The second-order valence-corrected chi connectivity index (χ2v) is 3.38. The molecule has 0 saturated carbocycles. The standard InChI is InChI=1S/C10H13FS/c11-12-9-5-4-8-10-6-2-1-3-7-10/h1-3,6-7H,4-5,8-9H2. The second-order valence-electron chi connectivity index (χ2n) is 2.76. The summed E-state index contributed by atoms with van der Waals surface area (Å²) in [5.41, 5.74) is 1.35. The predicted octanol–water partition coefficient (Wildman–Crippen LogP) is 3.63. The Hall–Kier alpha value is -0.500. The summed E-state index contributed by atoms with van der Waals surface area (Å²) in [6.45, 7) is 0. The monoisotopic (exact) mass is 184 g/mol. The summed E-state index contributed by atoms with van der Waals surface area (Å²) in [6.07, 6.45) is 3.12. The van der Waals surface area contributed by atoms with Crippen LogP contribution in [-0.2, 0) is 6.42 Å². The van der Waals surface area contributed by atoms with Crippen molar-refractivity contribution in [2.45, 2.75) is 19.3 Å². The van der Waals surface area contributed by atoms with Gasteiger partial charge in [-0.05, 0) is 24.8 Å². The summed E-state index contributed by atoms with van der Waals surface area (Å²) < 4.78 is 11.6. The average Bonchev–Trinajstić information content (AvgIpc) is 2.14. The molecule has 0 spiro atoms. The number of hydrogen-bond donors (Lipinski definition) is 0. The zero-order valence-electron chi connectivity index (χ0n) is 7.00. The molecule has 2 heteroatoms. The first-order valence-electron chi connectivity index (χ1n) is 4.21. The number of halogens is 1. The molecular formula is C10H13FS. The Balaban J connectivity index is 2.16. The Labute approximate surface area is 77.5 Å². The zero-order chi connectivity index (χ0) is 8.65. The zero-order valence-corrected chi connectivity index (χ0v) is 7.82. The van der Waals surface area contributed by atoms with E-state index < -0.39 is 0 Å². The largest absolute Gasteiger partial charge is 0.165 e. The van der Waals surface area contributed by atoms with Crippen molar-refractivity contribution in [2.75, 3.05) is 5.75 Å². The number of aryl methyl sites for hydroxylation is 1. The normalized spacial score (nSPS) is 10.1. The van der Waals surface area contributed by atoms with Crippen LogP contribution in [0.3, 0.4) is 0 Å². The number of hydrogen-bond acceptors (Lipinski definition) is 1. The van der Waals surface area contributed by atoms with Gasteiger partial charge in [-0.2, -0.15) is 3.89 Å². The molecule has 0 aromatic heterocycles. The van der Waals surface area contributed by atoms with Gasteiger partial charge < -0.3 is 0 Å². The van der Waals surface area contributed by atoms with Crippen molar-refractivity contribution in [1.82, 2.24) is 0 Å². The molecule has 0 radical (unpaired) electrons. The molecule has 1 rings (SSSR count). The van der Waals surface area contributed by atoms with Crippen molar-refractivity contribution >= 4 is 12.1 Å². The van der Waals surface area contributed by atoms with Crippen LogP contribution in [0.15, 0.2) is 30.3 Å². The highest BCUT2D eigenvalue weighted by Crippen LogP contribution is 2.08. The second kappa shape index (κ2) is 6.06. The van der Waals surface area contributed by atoms with E-state index in [1.54, 1.807) is 0 Å². The first-order valence-corrected chi connectivity index (χ1v) is 5.09. The van der Waals surface area contributed by atoms with Crippen LogP contribution in [0.2, 0.25) is 0 Å². The summed E-state index contributed by atoms with van der Waals surface area (Å²) in [4.78, 5) is 0. The van der Waals surface area contributed by atoms with Gasteiger partial charge in [-0.15, -0.1) is 0 Å². The molecule has 0 aliphatic rings. The molecule has 0 fully saturated rings. The highest BCUT2D eigenvalue weighted by Gasteiger charge is 1.91. The van der Waals surface area contributed by atoms with Crippen LogP contribution < -0.4 is 0 Å². The lowest BCUT2D eigenvalue weighted by Gasteiger charge is -1.98. The molecular weight excluding hydrogens is 171 g/mol. The van der Waals surface area contributed by atoms with Crippen LogP contribution in [0.25, 0.3) is 0 Å². The van der Waals surface area contributed by atoms with E-state index in [4.69, 9.17) is 0 Å². The molecule has 0 bridgehead atoms. The molecule has 0 amide bonds. The summed E-state index contributed by atoms with van der Waals surface area (Å²) in [7, 11) is 0. The molecule has 1 aromatic carbocycles. The van der Waals surface area contributed by atoms with Gasteiger partial charge in [0.15, 0.2) is 0 Å². The lowest BCUT2D eigenvalue weighted by atomic mass is 10.1. The molecule has 0 N–H and O–H groups in total. The smallest absolute Gasteiger partial charge is 0.0443 e. The first-order chi connectivity index (χ1) is 5.93. The highest BCUT2D eigenvalue weighted by molar-refractivity contribution is 7.94. The first kappa shape index (κ1) is 9.59. The van der Waals surface area contributed by atoms with E-state index in [9.17, 15) is 3.89 Å². The summed E-state index contributed by atoms with van der Waals surface area (Å²) in [5.74, 6) is 0.632. The van der Waals surface area contributed by atoms with Gasteiger partial charge in [0, 0.05) is 17.9 Å². The summed E-state index contributed by atoms with van der Waals surface area (Å²) in [5, 5.41) is 0. The third-order valence-corrected chi connectivity index (χ3v) is 2.22. The topological polar surface area (TPSA) is 0 Å². The lowest BCUT2D eigenvalue weighted by Crippen LogP contribution is -1.85. The van der Waals surface area contributed by atoms with E-state index in [-0.39, 0.29) is 0 Å². The minimum Gasteiger partial charge on any atom is -0.165 e. The fourth-order valence-corrected chi connectivity index (χ4v) is 1.44. The Morgan fingerprint density at radius 2 is 1.83 bits per heavy atom. The van der Waals surface area contributed by atoms with Crippen molar-refractivity contribution < 1.29 is 3.89 Å². The molecule has 0 aliphatic heterocycles. The third kappa shape index (κ3) is 3.77. The Morgan fingerprint density at radius 3 is 2.50 bits per heavy atom. The average molecular weight is 184 g/mol. The molecule has 0 atom stereocenters. The minimum absolute atomic E-state index is 0.437. The Kier molecular flexibility index (Phi) is 4.85. The van der Waals surface area contributed by atoms with Gasteiger partial charge in [0.05, 0.1) is 0 Å². The van der Waals surface area contributed by atoms with Gasteiger partial charge in [-0.25, -0.2) is 0 Å². The van der Waals surface area contributed by atoms with E-state index in [1.807, 2.05) is 18.2 Å². The maximum Gasteiger partial charge on any atom is 0.0443 e. The van der Waals surface area contributed by atoms with Gasteiger partial charge in [-0.3, -0.25) is 0 Å². The van der Waals surface area contributed by atoms with Crippen LogP contribution in [0.4, 0.5) is 3.89 Å². The van der Waals surface area contributed by atoms with Gasteiger partial charge in [-0.1, -0.05) is 30.3 Å². The van der Waals surface area contributed by atoms with Gasteiger partial charge in [0.2, 0.25) is 0 Å². The van der Waals surface area contributed by atoms with Crippen LogP contribution in [0.5, 0.6) is 0 Å². The van der Waals surface area contributed by atoms with Crippen LogP contribution >= 0.6 is 12.1 Å². The van der Waals surface area contributed by atoms with E-state index in [0.29, 0.717) is 17.9 Å². The predicted molar refractivity (Wildman–Crippen MR) is 52.9 cm³/mol. The van der Waals surface area contributed by atoms with E-state index >= 15 is 0 Å². The molecule has 0 aliphatic carbocycles. The SMILES string of the molecule is FSCCCCc1ccccc1. The van der Waals surface area contributed by atoms with Gasteiger partial charge >= 0.3 is 0 Å². The fourth-order valence-electron chi connectivity index (χ4n) is 1.13. The Bertz CT molecular complexity index is 198. The maximum absolute atomic E-state index is 11.6. The summed E-state index contributed by atoms with van der Waals surface area (Å²) in [6, 6.07) is 10.3. The van der Waals surface area contributed by atoms with Crippen molar-refractivity contribution in [1.29, 1.82) is 0 Å². The van der Waals surface area contributed by atoms with E-state index in [2.05, 4.69) is 12.1 Å². The molecule has 0 nitrogen and oxygen atoms in total. The van der Waals surface area contributed by atoms with Crippen LogP contribution in [0, 0.1) is 0 Å². The number of rotatable bonds is 5. The molecule has 0 unspecified atom stereocenters. The third-order valence-electron chi connectivity index (χ3n) is 1.78. The van der Waals surface area contributed by atoms with Crippen molar-refractivity contribution in [2.24, 2.45) is 0 Å². The van der Waals surface area contributed by atoms with Gasteiger partial charge in [0.25, 0.3) is 0 Å². The van der Waals surface area contributed by atoms with E-state index in [1.165, 1.54) is 5.56 Å². The lowest BCUT2D eigenvalue weighted by molar-refractivity contribution is 0.793. The minimum atomic E-state index is 0.437. The number of benzene rings is 1. The van der Waals surface area contributed by atoms with Gasteiger partial charge in [0.1, 0.15) is 0 Å². The Morgan fingerprint density at radius 1 is 1.08 bits per heavy atom.